The van der Waals surface area contributed by atoms with E-state index in [0.717, 1.165) is 11.4 Å². The van der Waals surface area contributed by atoms with E-state index in [2.05, 4.69) is 20.6 Å². The van der Waals surface area contributed by atoms with E-state index in [1.54, 1.807) is 37.3 Å². The molecule has 3 aromatic rings. The molecule has 0 aliphatic carbocycles. The Labute approximate surface area is 169 Å². The van der Waals surface area contributed by atoms with Crippen molar-refractivity contribution < 1.29 is 9.59 Å². The molecule has 0 aliphatic rings. The number of hydrogen-bond acceptors (Lipinski definition) is 6. The number of nitrogens with one attached hydrogen (secondary N) is 2. The lowest BCUT2D eigenvalue weighted by Crippen LogP contribution is -2.15. The first-order valence-corrected chi connectivity index (χ1v) is 9.14. The van der Waals surface area contributed by atoms with Crippen LogP contribution in [0.1, 0.15) is 33.6 Å². The minimum Gasteiger partial charge on any atom is -0.378 e. The van der Waals surface area contributed by atoms with Gasteiger partial charge in [-0.05, 0) is 50.2 Å². The standard InChI is InChI=1S/C22H23N5O2/c1-14(28)16-6-5-7-18(12-16)26-22(29)20-13-21(24-15(2)23-20)25-17-8-10-19(11-9-17)27(3)4/h5-13H,1-4H3,(H,26,29)(H,23,24,25). The third-order valence-electron chi connectivity index (χ3n) is 4.25. The topological polar surface area (TPSA) is 87.2 Å². The van der Waals surface area contributed by atoms with Crippen molar-refractivity contribution in [3.63, 3.8) is 0 Å². The molecular weight excluding hydrogens is 366 g/mol. The number of carbonyl (C=O) groups is 2. The van der Waals surface area contributed by atoms with E-state index in [9.17, 15) is 9.59 Å². The number of ketones is 1. The van der Waals surface area contributed by atoms with Crippen molar-refractivity contribution in [2.45, 2.75) is 13.8 Å². The molecule has 7 nitrogen and oxygen atoms in total. The molecule has 0 atom stereocenters. The van der Waals surface area contributed by atoms with Gasteiger partial charge in [0.2, 0.25) is 0 Å². The summed E-state index contributed by atoms with van der Waals surface area (Å²) >= 11 is 0. The zero-order valence-corrected chi connectivity index (χ0v) is 16.9. The molecule has 2 aromatic carbocycles. The Hall–Kier alpha value is -3.74. The van der Waals surface area contributed by atoms with E-state index >= 15 is 0 Å². The summed E-state index contributed by atoms with van der Waals surface area (Å²) in [6.07, 6.45) is 0. The van der Waals surface area contributed by atoms with Crippen LogP contribution in [0, 0.1) is 6.92 Å². The van der Waals surface area contributed by atoms with Crippen LogP contribution in [0.2, 0.25) is 0 Å². The first kappa shape index (κ1) is 20.0. The van der Waals surface area contributed by atoms with Crippen LogP contribution in [0.5, 0.6) is 0 Å². The van der Waals surface area contributed by atoms with Gasteiger partial charge in [-0.2, -0.15) is 0 Å². The number of hydrogen-bond donors (Lipinski definition) is 2. The summed E-state index contributed by atoms with van der Waals surface area (Å²) in [6, 6.07) is 16.3. The van der Waals surface area contributed by atoms with Gasteiger partial charge in [0.1, 0.15) is 17.3 Å². The van der Waals surface area contributed by atoms with Gasteiger partial charge in [-0.1, -0.05) is 12.1 Å². The molecule has 0 saturated carbocycles. The first-order valence-electron chi connectivity index (χ1n) is 9.14. The molecule has 29 heavy (non-hydrogen) atoms. The van der Waals surface area contributed by atoms with Gasteiger partial charge >= 0.3 is 0 Å². The van der Waals surface area contributed by atoms with Crippen molar-refractivity contribution in [3.8, 4) is 0 Å². The van der Waals surface area contributed by atoms with E-state index in [1.807, 2.05) is 43.3 Å². The van der Waals surface area contributed by atoms with E-state index < -0.39 is 0 Å². The number of aryl methyl sites for hydroxylation is 1. The number of rotatable bonds is 6. The average Bonchev–Trinajstić information content (AvgIpc) is 2.68. The van der Waals surface area contributed by atoms with Gasteiger partial charge in [0, 0.05) is 42.8 Å². The summed E-state index contributed by atoms with van der Waals surface area (Å²) in [5, 5.41) is 5.98. The minimum absolute atomic E-state index is 0.0641. The fourth-order valence-corrected chi connectivity index (χ4v) is 2.75. The fraction of sp³-hybridized carbons (Fsp3) is 0.182. The monoisotopic (exact) mass is 389 g/mol. The summed E-state index contributed by atoms with van der Waals surface area (Å²) in [4.78, 5) is 34.8. The maximum Gasteiger partial charge on any atom is 0.274 e. The summed E-state index contributed by atoms with van der Waals surface area (Å²) in [5.74, 6) is 0.563. The highest BCUT2D eigenvalue weighted by Crippen LogP contribution is 2.20. The highest BCUT2D eigenvalue weighted by Gasteiger charge is 2.12. The number of anilines is 4. The third kappa shape index (κ3) is 5.16. The van der Waals surface area contributed by atoms with Crippen molar-refractivity contribution in [2.75, 3.05) is 29.6 Å². The molecule has 0 aliphatic heterocycles. The van der Waals surface area contributed by atoms with E-state index in [-0.39, 0.29) is 17.4 Å². The van der Waals surface area contributed by atoms with Crippen LogP contribution in [0.25, 0.3) is 0 Å². The molecule has 0 radical (unpaired) electrons. The number of carbonyl (C=O) groups excluding carboxylic acids is 2. The van der Waals surface area contributed by atoms with Gasteiger partial charge in [-0.15, -0.1) is 0 Å². The number of benzene rings is 2. The van der Waals surface area contributed by atoms with Crippen LogP contribution in [0.3, 0.4) is 0 Å². The second-order valence-corrected chi connectivity index (χ2v) is 6.84. The summed E-state index contributed by atoms with van der Waals surface area (Å²) in [7, 11) is 3.96. The molecule has 1 amide bonds. The van der Waals surface area contributed by atoms with Crippen LogP contribution in [-0.2, 0) is 0 Å². The number of Topliss-reactive ketones (excluding diaryl/α,β-unsaturated/α-hetero) is 1. The van der Waals surface area contributed by atoms with Crippen LogP contribution < -0.4 is 15.5 Å². The molecule has 2 N–H and O–H groups in total. The Morgan fingerprint density at radius 3 is 2.31 bits per heavy atom. The van der Waals surface area contributed by atoms with Crippen molar-refractivity contribution in [2.24, 2.45) is 0 Å². The fourth-order valence-electron chi connectivity index (χ4n) is 2.75. The largest absolute Gasteiger partial charge is 0.378 e. The van der Waals surface area contributed by atoms with Crippen LogP contribution in [0.15, 0.2) is 54.6 Å². The van der Waals surface area contributed by atoms with E-state index in [0.29, 0.717) is 22.9 Å². The van der Waals surface area contributed by atoms with Gasteiger partial charge in [0.05, 0.1) is 0 Å². The molecule has 0 spiro atoms. The summed E-state index contributed by atoms with van der Waals surface area (Å²) < 4.78 is 0. The molecule has 0 saturated heterocycles. The number of nitrogens with zero attached hydrogens (tertiary/aromatic N) is 3. The summed E-state index contributed by atoms with van der Waals surface area (Å²) in [6.45, 7) is 3.21. The number of amides is 1. The predicted octanol–water partition coefficient (Wildman–Crippen LogP) is 4.05. The van der Waals surface area contributed by atoms with Gasteiger partial charge in [0.15, 0.2) is 5.78 Å². The normalized spacial score (nSPS) is 10.3. The summed E-state index contributed by atoms with van der Waals surface area (Å²) in [5.41, 5.74) is 3.24. The molecule has 0 unspecified atom stereocenters. The molecule has 148 valence electrons. The molecule has 7 heteroatoms. The SMILES string of the molecule is CC(=O)c1cccc(NC(=O)c2cc(Nc3ccc(N(C)C)cc3)nc(C)n2)c1. The molecule has 3 rings (SSSR count). The van der Waals surface area contributed by atoms with Crippen molar-refractivity contribution in [1.29, 1.82) is 0 Å². The van der Waals surface area contributed by atoms with Crippen molar-refractivity contribution in [3.05, 3.63) is 71.7 Å². The highest BCUT2D eigenvalue weighted by molar-refractivity contribution is 6.04. The van der Waals surface area contributed by atoms with Crippen LogP contribution in [0.4, 0.5) is 22.9 Å². The third-order valence-corrected chi connectivity index (χ3v) is 4.25. The smallest absolute Gasteiger partial charge is 0.274 e. The van der Waals surface area contributed by atoms with Crippen LogP contribution in [-0.4, -0.2) is 35.8 Å². The Morgan fingerprint density at radius 1 is 0.931 bits per heavy atom. The molecule has 0 bridgehead atoms. The predicted molar refractivity (Wildman–Crippen MR) is 115 cm³/mol. The first-order chi connectivity index (χ1) is 13.8. The molecule has 1 aromatic heterocycles. The molecule has 0 fully saturated rings. The van der Waals surface area contributed by atoms with Crippen LogP contribution >= 0.6 is 0 Å². The number of aromatic nitrogens is 2. The Kier molecular flexibility index (Phi) is 5.87. The molecular formula is C22H23N5O2. The Morgan fingerprint density at radius 2 is 1.66 bits per heavy atom. The zero-order chi connectivity index (χ0) is 21.0. The maximum atomic E-state index is 12.7. The van der Waals surface area contributed by atoms with E-state index in [1.165, 1.54) is 6.92 Å². The average molecular weight is 389 g/mol. The Balaban J connectivity index is 1.78. The minimum atomic E-state index is -0.373. The second-order valence-electron chi connectivity index (χ2n) is 6.84. The van der Waals surface area contributed by atoms with Gasteiger partial charge < -0.3 is 15.5 Å². The van der Waals surface area contributed by atoms with Gasteiger partial charge in [0.25, 0.3) is 5.91 Å². The maximum absolute atomic E-state index is 12.7. The Bertz CT molecular complexity index is 1050. The second kappa shape index (κ2) is 8.52. The zero-order valence-electron chi connectivity index (χ0n) is 16.9. The van der Waals surface area contributed by atoms with Gasteiger partial charge in [-0.25, -0.2) is 9.97 Å². The molecule has 1 heterocycles. The highest BCUT2D eigenvalue weighted by atomic mass is 16.2. The lowest BCUT2D eigenvalue weighted by molar-refractivity contribution is 0.100. The van der Waals surface area contributed by atoms with Crippen molar-refractivity contribution >= 4 is 34.6 Å². The van der Waals surface area contributed by atoms with Gasteiger partial charge in [-0.3, -0.25) is 9.59 Å². The lowest BCUT2D eigenvalue weighted by Gasteiger charge is -2.13. The quantitative estimate of drug-likeness (QED) is 0.619. The van der Waals surface area contributed by atoms with Crippen molar-refractivity contribution in [1.82, 2.24) is 9.97 Å². The lowest BCUT2D eigenvalue weighted by atomic mass is 10.1. The van der Waals surface area contributed by atoms with E-state index in [4.69, 9.17) is 0 Å².